The van der Waals surface area contributed by atoms with Gasteiger partial charge in [0.2, 0.25) is 0 Å². The zero-order valence-electron chi connectivity index (χ0n) is 12.2. The van der Waals surface area contributed by atoms with Crippen LogP contribution in [-0.4, -0.2) is 41.8 Å². The lowest BCUT2D eigenvalue weighted by Gasteiger charge is -2.39. The summed E-state index contributed by atoms with van der Waals surface area (Å²) in [5.41, 5.74) is 6.03. The van der Waals surface area contributed by atoms with Gasteiger partial charge in [-0.2, -0.15) is 0 Å². The van der Waals surface area contributed by atoms with Crippen molar-refractivity contribution in [2.24, 2.45) is 0 Å². The highest BCUT2D eigenvalue weighted by Gasteiger charge is 2.27. The molecule has 2 aliphatic rings. The molecule has 2 heterocycles. The van der Waals surface area contributed by atoms with Crippen molar-refractivity contribution < 1.29 is 4.74 Å². The van der Waals surface area contributed by atoms with Crippen LogP contribution in [0.4, 0.5) is 5.69 Å². The standard InChI is InChI=1S/C15H23N3O2.ClH/c16-14-2-1-7-18(15(14)19)13-5-3-12(4-6-13)17-8-10-20-11-9-17;/h1-2,7,12-13H,3-6,8-11,16H2;1H. The van der Waals surface area contributed by atoms with Gasteiger partial charge in [-0.1, -0.05) is 0 Å². The Morgan fingerprint density at radius 3 is 2.38 bits per heavy atom. The number of nitrogens with zero attached hydrogens (tertiary/aromatic N) is 2. The van der Waals surface area contributed by atoms with E-state index in [1.54, 1.807) is 6.07 Å². The van der Waals surface area contributed by atoms with Crippen molar-refractivity contribution in [2.75, 3.05) is 32.0 Å². The van der Waals surface area contributed by atoms with Gasteiger partial charge in [0.1, 0.15) is 0 Å². The van der Waals surface area contributed by atoms with E-state index in [1.807, 2.05) is 16.8 Å². The highest BCUT2D eigenvalue weighted by molar-refractivity contribution is 5.85. The van der Waals surface area contributed by atoms with Gasteiger partial charge in [0.05, 0.1) is 18.9 Å². The van der Waals surface area contributed by atoms with E-state index in [2.05, 4.69) is 4.90 Å². The Morgan fingerprint density at radius 2 is 1.71 bits per heavy atom. The molecular formula is C15H24ClN3O2. The van der Waals surface area contributed by atoms with Crippen LogP contribution >= 0.6 is 12.4 Å². The molecule has 1 saturated heterocycles. The molecule has 0 atom stereocenters. The summed E-state index contributed by atoms with van der Waals surface area (Å²) in [4.78, 5) is 14.6. The second-order valence-corrected chi connectivity index (χ2v) is 5.79. The Morgan fingerprint density at radius 1 is 1.10 bits per heavy atom. The fourth-order valence-electron chi connectivity index (χ4n) is 3.46. The van der Waals surface area contributed by atoms with E-state index >= 15 is 0 Å². The molecule has 21 heavy (non-hydrogen) atoms. The highest BCUT2D eigenvalue weighted by atomic mass is 35.5. The molecule has 2 N–H and O–H groups in total. The number of pyridine rings is 1. The molecule has 2 fully saturated rings. The molecule has 5 nitrogen and oxygen atoms in total. The summed E-state index contributed by atoms with van der Waals surface area (Å²) in [6.45, 7) is 3.81. The first kappa shape index (κ1) is 16.3. The summed E-state index contributed by atoms with van der Waals surface area (Å²) < 4.78 is 7.23. The number of nitrogen functional groups attached to an aromatic ring is 1. The first-order valence-electron chi connectivity index (χ1n) is 7.54. The van der Waals surface area contributed by atoms with Gasteiger partial charge in [0, 0.05) is 31.4 Å². The van der Waals surface area contributed by atoms with E-state index in [-0.39, 0.29) is 18.0 Å². The summed E-state index contributed by atoms with van der Waals surface area (Å²) in [7, 11) is 0. The molecule has 0 unspecified atom stereocenters. The molecule has 1 saturated carbocycles. The zero-order valence-corrected chi connectivity index (χ0v) is 13.1. The molecule has 6 heteroatoms. The Kier molecular flexibility index (Phi) is 5.67. The number of aromatic nitrogens is 1. The van der Waals surface area contributed by atoms with Crippen LogP contribution in [0.25, 0.3) is 0 Å². The second kappa shape index (κ2) is 7.29. The number of hydrogen-bond donors (Lipinski definition) is 1. The van der Waals surface area contributed by atoms with Crippen molar-refractivity contribution in [3.05, 3.63) is 28.7 Å². The number of hydrogen-bond acceptors (Lipinski definition) is 4. The van der Waals surface area contributed by atoms with Gasteiger partial charge in [-0.3, -0.25) is 9.69 Å². The minimum atomic E-state index is -0.0395. The Bertz CT molecular complexity index is 506. The van der Waals surface area contributed by atoms with E-state index in [0.29, 0.717) is 17.8 Å². The molecule has 1 aromatic rings. The van der Waals surface area contributed by atoms with Crippen molar-refractivity contribution in [3.63, 3.8) is 0 Å². The number of halogens is 1. The van der Waals surface area contributed by atoms with Crippen LogP contribution in [0.2, 0.25) is 0 Å². The van der Waals surface area contributed by atoms with Crippen molar-refractivity contribution in [2.45, 2.75) is 37.8 Å². The summed E-state index contributed by atoms with van der Waals surface area (Å²) >= 11 is 0. The maximum atomic E-state index is 12.1. The highest BCUT2D eigenvalue weighted by Crippen LogP contribution is 2.30. The van der Waals surface area contributed by atoms with Crippen LogP contribution in [-0.2, 0) is 4.74 Å². The summed E-state index contributed by atoms with van der Waals surface area (Å²) in [5, 5.41) is 0. The van der Waals surface area contributed by atoms with Crippen LogP contribution in [0.1, 0.15) is 31.7 Å². The average molecular weight is 314 g/mol. The fourth-order valence-corrected chi connectivity index (χ4v) is 3.46. The third-order valence-electron chi connectivity index (χ3n) is 4.63. The maximum Gasteiger partial charge on any atom is 0.273 e. The normalized spacial score (nSPS) is 27.0. The number of morpholine rings is 1. The van der Waals surface area contributed by atoms with Gasteiger partial charge in [0.15, 0.2) is 0 Å². The van der Waals surface area contributed by atoms with E-state index in [0.717, 1.165) is 52.0 Å². The number of nitrogens with two attached hydrogens (primary N) is 1. The molecule has 0 amide bonds. The third kappa shape index (κ3) is 3.59. The summed E-state index contributed by atoms with van der Waals surface area (Å²) in [6, 6.07) is 4.51. The largest absolute Gasteiger partial charge is 0.394 e. The van der Waals surface area contributed by atoms with Gasteiger partial charge < -0.3 is 15.0 Å². The van der Waals surface area contributed by atoms with Crippen molar-refractivity contribution in [1.29, 1.82) is 0 Å². The second-order valence-electron chi connectivity index (χ2n) is 5.79. The van der Waals surface area contributed by atoms with Gasteiger partial charge in [-0.05, 0) is 37.8 Å². The number of ether oxygens (including phenoxy) is 1. The van der Waals surface area contributed by atoms with E-state index in [9.17, 15) is 4.79 Å². The minimum Gasteiger partial charge on any atom is -0.394 e. The summed E-state index contributed by atoms with van der Waals surface area (Å²) in [5.74, 6) is 0. The fraction of sp³-hybridized carbons (Fsp3) is 0.667. The average Bonchev–Trinajstić information content (AvgIpc) is 2.51. The van der Waals surface area contributed by atoms with Crippen LogP contribution < -0.4 is 11.3 Å². The predicted molar refractivity (Wildman–Crippen MR) is 86.0 cm³/mol. The first-order valence-corrected chi connectivity index (χ1v) is 7.54. The Balaban J connectivity index is 0.00000161. The van der Waals surface area contributed by atoms with E-state index in [1.165, 1.54) is 0 Å². The first-order chi connectivity index (χ1) is 9.75. The number of anilines is 1. The van der Waals surface area contributed by atoms with Gasteiger partial charge in [-0.15, -0.1) is 12.4 Å². The van der Waals surface area contributed by atoms with Gasteiger partial charge in [-0.25, -0.2) is 0 Å². The minimum absolute atomic E-state index is 0. The number of rotatable bonds is 2. The molecule has 0 spiro atoms. The van der Waals surface area contributed by atoms with Crippen molar-refractivity contribution in [1.82, 2.24) is 9.47 Å². The van der Waals surface area contributed by atoms with Crippen LogP contribution in [0, 0.1) is 0 Å². The molecule has 1 aliphatic carbocycles. The molecule has 0 aromatic carbocycles. The Hall–Kier alpha value is -1.04. The van der Waals surface area contributed by atoms with Crippen LogP contribution in [0.5, 0.6) is 0 Å². The van der Waals surface area contributed by atoms with Crippen LogP contribution in [0.3, 0.4) is 0 Å². The van der Waals surface area contributed by atoms with Gasteiger partial charge in [0.25, 0.3) is 5.56 Å². The lowest BCUT2D eigenvalue weighted by molar-refractivity contribution is 0.00535. The Labute approximate surface area is 131 Å². The lowest BCUT2D eigenvalue weighted by atomic mass is 9.89. The SMILES string of the molecule is Cl.Nc1cccn(C2CCC(N3CCOCC3)CC2)c1=O. The van der Waals surface area contributed by atoms with Crippen molar-refractivity contribution >= 4 is 18.1 Å². The molecule has 0 radical (unpaired) electrons. The van der Waals surface area contributed by atoms with Gasteiger partial charge >= 0.3 is 0 Å². The molecule has 1 aliphatic heterocycles. The van der Waals surface area contributed by atoms with E-state index in [4.69, 9.17) is 10.5 Å². The lowest BCUT2D eigenvalue weighted by Crippen LogP contribution is -2.45. The summed E-state index contributed by atoms with van der Waals surface area (Å²) in [6.07, 6.45) is 6.31. The van der Waals surface area contributed by atoms with E-state index < -0.39 is 0 Å². The maximum absolute atomic E-state index is 12.1. The topological polar surface area (TPSA) is 60.5 Å². The molecule has 1 aromatic heterocycles. The quantitative estimate of drug-likeness (QED) is 0.902. The van der Waals surface area contributed by atoms with Crippen LogP contribution in [0.15, 0.2) is 23.1 Å². The molecule has 118 valence electrons. The monoisotopic (exact) mass is 313 g/mol. The molecule has 0 bridgehead atoms. The van der Waals surface area contributed by atoms with Crippen molar-refractivity contribution in [3.8, 4) is 0 Å². The smallest absolute Gasteiger partial charge is 0.273 e. The molecule has 3 rings (SSSR count). The zero-order chi connectivity index (χ0) is 13.9. The molecular weight excluding hydrogens is 290 g/mol. The third-order valence-corrected chi connectivity index (χ3v) is 4.63. The predicted octanol–water partition coefficient (Wildman–Crippen LogP) is 1.67.